The zero-order valence-electron chi connectivity index (χ0n) is 16.4. The highest BCUT2D eigenvalue weighted by atomic mass is 127. The number of ether oxygens (including phenoxy) is 1. The second kappa shape index (κ2) is 12.0. The van der Waals surface area contributed by atoms with Gasteiger partial charge in [0.1, 0.15) is 0 Å². The summed E-state index contributed by atoms with van der Waals surface area (Å²) in [6, 6.07) is 2.52. The molecule has 0 spiro atoms. The molecule has 2 heterocycles. The molecule has 0 aliphatic carbocycles. The molecular formula is C18H33ClIN5O. The van der Waals surface area contributed by atoms with E-state index in [0.717, 1.165) is 50.3 Å². The van der Waals surface area contributed by atoms with Gasteiger partial charge in [-0.15, -0.1) is 24.0 Å². The molecule has 8 heteroatoms. The number of nitrogens with zero attached hydrogens (tertiary/aromatic N) is 4. The summed E-state index contributed by atoms with van der Waals surface area (Å²) in [7, 11) is 5.85. The summed E-state index contributed by atoms with van der Waals surface area (Å²) in [4.78, 5) is 9.54. The Balaban J connectivity index is 0.00000338. The molecule has 1 aliphatic rings. The van der Waals surface area contributed by atoms with E-state index in [4.69, 9.17) is 21.3 Å². The van der Waals surface area contributed by atoms with Gasteiger partial charge in [-0.1, -0.05) is 11.6 Å². The van der Waals surface area contributed by atoms with Crippen LogP contribution in [0.1, 0.15) is 25.5 Å². The molecule has 150 valence electrons. The predicted molar refractivity (Wildman–Crippen MR) is 120 cm³/mol. The third-order valence-electron chi connectivity index (χ3n) is 4.70. The highest BCUT2D eigenvalue weighted by Gasteiger charge is 2.24. The van der Waals surface area contributed by atoms with Crippen LogP contribution in [-0.4, -0.2) is 73.3 Å². The Morgan fingerprint density at radius 2 is 2.27 bits per heavy atom. The Bertz CT molecular complexity index is 566. The van der Waals surface area contributed by atoms with E-state index >= 15 is 0 Å². The van der Waals surface area contributed by atoms with Crippen LogP contribution in [0.5, 0.6) is 0 Å². The summed E-state index contributed by atoms with van der Waals surface area (Å²) in [5.74, 6) is 0.943. The van der Waals surface area contributed by atoms with Crippen LogP contribution in [0, 0.1) is 0 Å². The number of methoxy groups -OCH3 is 1. The van der Waals surface area contributed by atoms with Gasteiger partial charge in [0.25, 0.3) is 0 Å². The van der Waals surface area contributed by atoms with Crippen LogP contribution in [0.4, 0.5) is 0 Å². The fraction of sp³-hybridized carbons (Fsp3) is 0.722. The fourth-order valence-electron chi connectivity index (χ4n) is 3.31. The SMILES string of the molecule is CCNC(=NCC1CCCN1CCOC)N(C)Cc1cc(Cl)cn1C.I. The maximum absolute atomic E-state index is 6.09. The largest absolute Gasteiger partial charge is 0.383 e. The summed E-state index contributed by atoms with van der Waals surface area (Å²) in [6.07, 6.45) is 4.39. The minimum absolute atomic E-state index is 0. The summed E-state index contributed by atoms with van der Waals surface area (Å²) in [5, 5.41) is 4.17. The lowest BCUT2D eigenvalue weighted by atomic mass is 10.2. The summed E-state index contributed by atoms with van der Waals surface area (Å²) in [6.45, 7) is 7.48. The Morgan fingerprint density at radius 1 is 1.50 bits per heavy atom. The van der Waals surface area contributed by atoms with E-state index in [-0.39, 0.29) is 24.0 Å². The molecule has 1 aromatic heterocycles. The first-order chi connectivity index (χ1) is 12.0. The minimum Gasteiger partial charge on any atom is -0.383 e. The van der Waals surface area contributed by atoms with Gasteiger partial charge in [0, 0.05) is 52.2 Å². The lowest BCUT2D eigenvalue weighted by Crippen LogP contribution is -2.40. The quantitative estimate of drug-likeness (QED) is 0.341. The number of nitrogens with one attached hydrogen (secondary N) is 1. The molecule has 0 saturated carbocycles. The lowest BCUT2D eigenvalue weighted by molar-refractivity contribution is 0.142. The summed E-state index contributed by atoms with van der Waals surface area (Å²) < 4.78 is 7.28. The monoisotopic (exact) mass is 497 g/mol. The van der Waals surface area contributed by atoms with E-state index in [2.05, 4.69) is 33.7 Å². The first-order valence-corrected chi connectivity index (χ1v) is 9.46. The van der Waals surface area contributed by atoms with Gasteiger partial charge in [-0.05, 0) is 32.4 Å². The normalized spacial score (nSPS) is 18.0. The van der Waals surface area contributed by atoms with Gasteiger partial charge in [0.15, 0.2) is 5.96 Å². The van der Waals surface area contributed by atoms with Crippen molar-refractivity contribution < 1.29 is 4.74 Å². The van der Waals surface area contributed by atoms with Crippen LogP contribution < -0.4 is 5.32 Å². The van der Waals surface area contributed by atoms with E-state index in [1.807, 2.05) is 19.3 Å². The number of hydrogen-bond acceptors (Lipinski definition) is 3. The van der Waals surface area contributed by atoms with E-state index in [1.165, 1.54) is 18.5 Å². The topological polar surface area (TPSA) is 45.0 Å². The zero-order chi connectivity index (χ0) is 18.2. The Labute approximate surface area is 179 Å². The summed E-state index contributed by atoms with van der Waals surface area (Å²) in [5.41, 5.74) is 1.17. The number of aryl methyl sites for hydroxylation is 1. The van der Waals surface area contributed by atoms with Crippen molar-refractivity contribution in [3.8, 4) is 0 Å². The van der Waals surface area contributed by atoms with E-state index in [0.29, 0.717) is 6.04 Å². The zero-order valence-corrected chi connectivity index (χ0v) is 19.5. The van der Waals surface area contributed by atoms with Crippen LogP contribution >= 0.6 is 35.6 Å². The van der Waals surface area contributed by atoms with E-state index in [9.17, 15) is 0 Å². The minimum atomic E-state index is 0. The molecule has 1 aliphatic heterocycles. The molecular weight excluding hydrogens is 465 g/mol. The average molecular weight is 498 g/mol. The van der Waals surface area contributed by atoms with Crippen molar-refractivity contribution >= 4 is 41.5 Å². The third kappa shape index (κ3) is 6.90. The molecule has 0 radical (unpaired) electrons. The molecule has 1 fully saturated rings. The van der Waals surface area contributed by atoms with Gasteiger partial charge in [-0.25, -0.2) is 0 Å². The highest BCUT2D eigenvalue weighted by Crippen LogP contribution is 2.17. The van der Waals surface area contributed by atoms with E-state index < -0.39 is 0 Å². The number of halogens is 2. The van der Waals surface area contributed by atoms with Crippen molar-refractivity contribution in [2.75, 3.05) is 46.9 Å². The molecule has 0 aromatic carbocycles. The average Bonchev–Trinajstić information content (AvgIpc) is 3.15. The van der Waals surface area contributed by atoms with Crippen LogP contribution in [0.15, 0.2) is 17.3 Å². The second-order valence-electron chi connectivity index (χ2n) is 6.64. The van der Waals surface area contributed by atoms with Crippen LogP contribution in [-0.2, 0) is 18.3 Å². The van der Waals surface area contributed by atoms with Crippen molar-refractivity contribution in [1.29, 1.82) is 0 Å². The Morgan fingerprint density at radius 3 is 2.88 bits per heavy atom. The van der Waals surface area contributed by atoms with Gasteiger partial charge in [0.2, 0.25) is 0 Å². The number of guanidine groups is 1. The molecule has 6 nitrogen and oxygen atoms in total. The molecule has 1 unspecified atom stereocenters. The fourth-order valence-corrected chi connectivity index (χ4v) is 3.58. The van der Waals surface area contributed by atoms with Crippen molar-refractivity contribution in [3.05, 3.63) is 23.0 Å². The van der Waals surface area contributed by atoms with Crippen molar-refractivity contribution in [3.63, 3.8) is 0 Å². The van der Waals surface area contributed by atoms with Crippen LogP contribution in [0.3, 0.4) is 0 Å². The van der Waals surface area contributed by atoms with Gasteiger partial charge in [-0.2, -0.15) is 0 Å². The Kier molecular flexibility index (Phi) is 10.9. The van der Waals surface area contributed by atoms with Gasteiger partial charge < -0.3 is 19.5 Å². The number of aliphatic imine (C=N–C) groups is 1. The molecule has 0 amide bonds. The van der Waals surface area contributed by atoms with Crippen molar-refractivity contribution in [2.24, 2.45) is 12.0 Å². The maximum atomic E-state index is 6.09. The number of aromatic nitrogens is 1. The molecule has 26 heavy (non-hydrogen) atoms. The van der Waals surface area contributed by atoms with Crippen molar-refractivity contribution in [2.45, 2.75) is 32.4 Å². The van der Waals surface area contributed by atoms with Gasteiger partial charge in [-0.3, -0.25) is 9.89 Å². The standard InChI is InChI=1S/C18H32ClN5O.HI/c1-5-20-18(23(3)14-17-11-15(19)13-22(17)2)21-12-16-7-6-8-24(16)9-10-25-4;/h11,13,16H,5-10,12,14H2,1-4H3,(H,20,21);1H. The Hall–Kier alpha value is -0.510. The predicted octanol–water partition coefficient (Wildman–Crippen LogP) is 2.80. The summed E-state index contributed by atoms with van der Waals surface area (Å²) >= 11 is 6.09. The first kappa shape index (κ1) is 23.5. The molecule has 1 saturated heterocycles. The smallest absolute Gasteiger partial charge is 0.194 e. The molecule has 1 N–H and O–H groups in total. The number of rotatable bonds is 8. The molecule has 2 rings (SSSR count). The maximum Gasteiger partial charge on any atom is 0.194 e. The number of likely N-dealkylation sites (tertiary alicyclic amines) is 1. The van der Waals surface area contributed by atoms with Crippen LogP contribution in [0.2, 0.25) is 5.02 Å². The lowest BCUT2D eigenvalue weighted by Gasteiger charge is -2.25. The highest BCUT2D eigenvalue weighted by molar-refractivity contribution is 14.0. The number of hydrogen-bond donors (Lipinski definition) is 1. The third-order valence-corrected chi connectivity index (χ3v) is 4.91. The van der Waals surface area contributed by atoms with E-state index in [1.54, 1.807) is 7.11 Å². The van der Waals surface area contributed by atoms with Crippen LogP contribution in [0.25, 0.3) is 0 Å². The first-order valence-electron chi connectivity index (χ1n) is 9.08. The molecule has 0 bridgehead atoms. The molecule has 1 atom stereocenters. The van der Waals surface area contributed by atoms with Crippen molar-refractivity contribution in [1.82, 2.24) is 19.7 Å². The molecule has 1 aromatic rings. The van der Waals surface area contributed by atoms with Gasteiger partial charge in [0.05, 0.1) is 24.7 Å². The second-order valence-corrected chi connectivity index (χ2v) is 7.07. The van der Waals surface area contributed by atoms with Gasteiger partial charge >= 0.3 is 0 Å².